The summed E-state index contributed by atoms with van der Waals surface area (Å²) in [6.45, 7) is 1.55. The van der Waals surface area contributed by atoms with Crippen LogP contribution in [0.2, 0.25) is 0 Å². The number of fused-ring (bicyclic) bond motifs is 1. The third kappa shape index (κ3) is 3.74. The van der Waals surface area contributed by atoms with E-state index in [0.717, 1.165) is 28.8 Å². The average molecular weight is 349 g/mol. The molecule has 0 atom stereocenters. The third-order valence-corrected chi connectivity index (χ3v) is 4.74. The van der Waals surface area contributed by atoms with Crippen molar-refractivity contribution in [3.63, 3.8) is 0 Å². The summed E-state index contributed by atoms with van der Waals surface area (Å²) < 4.78 is 7.04. The van der Waals surface area contributed by atoms with Gasteiger partial charge in [0.25, 0.3) is 0 Å². The van der Waals surface area contributed by atoms with Gasteiger partial charge in [0.15, 0.2) is 0 Å². The number of aromatic nitrogens is 1. The molecule has 3 rings (SSSR count). The molecule has 0 spiro atoms. The molecule has 1 saturated carbocycles. The van der Waals surface area contributed by atoms with Crippen molar-refractivity contribution in [2.45, 2.75) is 38.2 Å². The van der Waals surface area contributed by atoms with Crippen LogP contribution >= 0.6 is 15.9 Å². The number of benzene rings is 1. The molecule has 21 heavy (non-hydrogen) atoms. The monoisotopic (exact) mass is 348 g/mol. The van der Waals surface area contributed by atoms with Gasteiger partial charge in [-0.15, -0.1) is 0 Å². The Kier molecular flexibility index (Phi) is 5.09. The van der Waals surface area contributed by atoms with Gasteiger partial charge in [-0.3, -0.25) is 0 Å². The van der Waals surface area contributed by atoms with Crippen LogP contribution in [-0.4, -0.2) is 24.2 Å². The second-order valence-corrected chi connectivity index (χ2v) is 6.41. The largest absolute Gasteiger partial charge is 0.376 e. The minimum atomic E-state index is 0.468. The fourth-order valence-corrected chi connectivity index (χ4v) is 3.43. The van der Waals surface area contributed by atoms with E-state index in [4.69, 9.17) is 4.74 Å². The van der Waals surface area contributed by atoms with Crippen molar-refractivity contribution in [1.82, 2.24) is 4.98 Å². The molecule has 2 aromatic rings. The van der Waals surface area contributed by atoms with Gasteiger partial charge >= 0.3 is 0 Å². The fraction of sp³-hybridized carbons (Fsp3) is 0.471. The van der Waals surface area contributed by atoms with Gasteiger partial charge in [0.1, 0.15) is 5.82 Å². The molecule has 1 aromatic carbocycles. The summed E-state index contributed by atoms with van der Waals surface area (Å²) in [4.78, 5) is 4.44. The summed E-state index contributed by atoms with van der Waals surface area (Å²) >= 11 is 3.58. The first kappa shape index (κ1) is 14.8. The first-order chi connectivity index (χ1) is 10.3. The van der Waals surface area contributed by atoms with Gasteiger partial charge in [-0.1, -0.05) is 47.3 Å². The molecule has 0 saturated heterocycles. The zero-order chi connectivity index (χ0) is 14.5. The molecular weight excluding hydrogens is 328 g/mol. The topological polar surface area (TPSA) is 34.1 Å². The van der Waals surface area contributed by atoms with E-state index in [9.17, 15) is 0 Å². The minimum absolute atomic E-state index is 0.468. The second-order valence-electron chi connectivity index (χ2n) is 5.55. The number of nitrogens with zero attached hydrogens (tertiary/aromatic N) is 1. The molecule has 112 valence electrons. The van der Waals surface area contributed by atoms with E-state index in [-0.39, 0.29) is 0 Å². The molecular formula is C17H21BrN2O. The molecule has 1 aliphatic carbocycles. The van der Waals surface area contributed by atoms with Crippen LogP contribution in [0.5, 0.6) is 0 Å². The number of rotatable bonds is 5. The maximum atomic E-state index is 5.94. The maximum absolute atomic E-state index is 5.94. The van der Waals surface area contributed by atoms with E-state index in [1.807, 2.05) is 18.3 Å². The van der Waals surface area contributed by atoms with Gasteiger partial charge in [-0.05, 0) is 25.0 Å². The average Bonchev–Trinajstić information content (AvgIpc) is 2.53. The Morgan fingerprint density at radius 3 is 2.86 bits per heavy atom. The molecule has 1 aliphatic rings. The Morgan fingerprint density at radius 2 is 2.00 bits per heavy atom. The Labute approximate surface area is 134 Å². The highest BCUT2D eigenvalue weighted by Gasteiger charge is 2.13. The van der Waals surface area contributed by atoms with Gasteiger partial charge in [-0.25, -0.2) is 4.98 Å². The highest BCUT2D eigenvalue weighted by molar-refractivity contribution is 9.10. The third-order valence-electron chi connectivity index (χ3n) is 4.05. The van der Waals surface area contributed by atoms with E-state index >= 15 is 0 Å². The molecule has 0 bridgehead atoms. The van der Waals surface area contributed by atoms with Crippen molar-refractivity contribution in [2.24, 2.45) is 0 Å². The van der Waals surface area contributed by atoms with Gasteiger partial charge in [0, 0.05) is 28.0 Å². The Bertz CT molecular complexity index is 596. The number of ether oxygens (including phenoxy) is 1. The summed E-state index contributed by atoms with van der Waals surface area (Å²) in [5.74, 6) is 0.932. The fourth-order valence-electron chi connectivity index (χ4n) is 2.94. The molecule has 1 aromatic heterocycles. The molecule has 0 unspecified atom stereocenters. The van der Waals surface area contributed by atoms with Crippen molar-refractivity contribution in [3.05, 3.63) is 34.9 Å². The van der Waals surface area contributed by atoms with Crippen LogP contribution in [0.1, 0.15) is 32.1 Å². The predicted molar refractivity (Wildman–Crippen MR) is 90.8 cm³/mol. The maximum Gasteiger partial charge on any atom is 0.133 e. The number of halogens is 1. The summed E-state index contributed by atoms with van der Waals surface area (Å²) in [5, 5.41) is 5.72. The zero-order valence-corrected chi connectivity index (χ0v) is 13.7. The number of anilines is 1. The van der Waals surface area contributed by atoms with E-state index < -0.39 is 0 Å². The van der Waals surface area contributed by atoms with E-state index in [0.29, 0.717) is 6.10 Å². The Balaban J connectivity index is 1.57. The molecule has 1 fully saturated rings. The Hall–Kier alpha value is -1.13. The van der Waals surface area contributed by atoms with Crippen LogP contribution < -0.4 is 5.32 Å². The number of pyridine rings is 1. The van der Waals surface area contributed by atoms with Crippen LogP contribution in [0.15, 0.2) is 34.9 Å². The summed E-state index contributed by atoms with van der Waals surface area (Å²) in [7, 11) is 0. The lowest BCUT2D eigenvalue weighted by molar-refractivity contribution is 0.0347. The minimum Gasteiger partial charge on any atom is -0.376 e. The van der Waals surface area contributed by atoms with Gasteiger partial charge in [-0.2, -0.15) is 0 Å². The molecule has 0 radical (unpaired) electrons. The zero-order valence-electron chi connectivity index (χ0n) is 12.1. The molecule has 1 N–H and O–H groups in total. The molecule has 0 amide bonds. The van der Waals surface area contributed by atoms with E-state index in [2.05, 4.69) is 38.4 Å². The van der Waals surface area contributed by atoms with Crippen molar-refractivity contribution in [1.29, 1.82) is 0 Å². The van der Waals surface area contributed by atoms with Crippen LogP contribution in [0.25, 0.3) is 10.8 Å². The smallest absolute Gasteiger partial charge is 0.133 e. The molecule has 0 aliphatic heterocycles. The predicted octanol–water partition coefficient (Wildman–Crippen LogP) is 4.76. The quantitative estimate of drug-likeness (QED) is 0.791. The second kappa shape index (κ2) is 7.23. The standard InChI is InChI=1S/C17H21BrN2O/c18-16-8-4-7-15-14(16)9-10-19-17(15)20-11-12-21-13-5-2-1-3-6-13/h4,7-10,13H,1-3,5-6,11-12H2,(H,19,20). The van der Waals surface area contributed by atoms with Crippen LogP contribution in [-0.2, 0) is 4.74 Å². The number of hydrogen-bond donors (Lipinski definition) is 1. The van der Waals surface area contributed by atoms with Crippen LogP contribution in [0.3, 0.4) is 0 Å². The SMILES string of the molecule is Brc1cccc2c(NCCOC3CCCCC3)nccc12. The van der Waals surface area contributed by atoms with Gasteiger partial charge < -0.3 is 10.1 Å². The lowest BCUT2D eigenvalue weighted by atomic mass is 9.98. The van der Waals surface area contributed by atoms with Crippen molar-refractivity contribution >= 4 is 32.5 Å². The van der Waals surface area contributed by atoms with Crippen LogP contribution in [0.4, 0.5) is 5.82 Å². The lowest BCUT2D eigenvalue weighted by Crippen LogP contribution is -2.20. The summed E-state index contributed by atoms with van der Waals surface area (Å²) in [5.41, 5.74) is 0. The first-order valence-corrected chi connectivity index (χ1v) is 8.52. The van der Waals surface area contributed by atoms with Gasteiger partial charge in [0.2, 0.25) is 0 Å². The van der Waals surface area contributed by atoms with Crippen molar-refractivity contribution in [3.8, 4) is 0 Å². The Morgan fingerprint density at radius 1 is 1.14 bits per heavy atom. The van der Waals surface area contributed by atoms with Crippen LogP contribution in [0, 0.1) is 0 Å². The first-order valence-electron chi connectivity index (χ1n) is 7.73. The van der Waals surface area contributed by atoms with Gasteiger partial charge in [0.05, 0.1) is 12.7 Å². The summed E-state index contributed by atoms with van der Waals surface area (Å²) in [6.07, 6.45) is 8.76. The van der Waals surface area contributed by atoms with E-state index in [1.54, 1.807) is 0 Å². The molecule has 1 heterocycles. The normalized spacial score (nSPS) is 16.2. The highest BCUT2D eigenvalue weighted by atomic mass is 79.9. The number of nitrogens with one attached hydrogen (secondary N) is 1. The summed E-state index contributed by atoms with van der Waals surface area (Å²) in [6, 6.07) is 8.22. The van der Waals surface area contributed by atoms with Crippen molar-refractivity contribution in [2.75, 3.05) is 18.5 Å². The number of hydrogen-bond acceptors (Lipinski definition) is 3. The lowest BCUT2D eigenvalue weighted by Gasteiger charge is -2.22. The molecule has 3 nitrogen and oxygen atoms in total. The molecule has 4 heteroatoms. The van der Waals surface area contributed by atoms with Crippen molar-refractivity contribution < 1.29 is 4.74 Å². The highest BCUT2D eigenvalue weighted by Crippen LogP contribution is 2.27. The van der Waals surface area contributed by atoms with E-state index in [1.165, 1.54) is 37.5 Å².